The fraction of sp³-hybridized carbons (Fsp3) is 0.636. The number of anilines is 1. The van der Waals surface area contributed by atoms with Crippen LogP contribution in [0.4, 0.5) is 5.82 Å². The SMILES string of the molecule is CC(C)CNC(=O)CCNS(=O)(=O)c1cn(C)nc1N. The molecular weight excluding hydrogens is 282 g/mol. The van der Waals surface area contributed by atoms with Crippen LogP contribution in [0.25, 0.3) is 0 Å². The van der Waals surface area contributed by atoms with Gasteiger partial charge < -0.3 is 11.1 Å². The lowest BCUT2D eigenvalue weighted by atomic mass is 10.2. The monoisotopic (exact) mass is 303 g/mol. The predicted molar refractivity (Wildman–Crippen MR) is 75.3 cm³/mol. The topological polar surface area (TPSA) is 119 Å². The van der Waals surface area contributed by atoms with E-state index in [0.717, 1.165) is 0 Å². The highest BCUT2D eigenvalue weighted by Crippen LogP contribution is 2.14. The van der Waals surface area contributed by atoms with Crippen molar-refractivity contribution in [3.8, 4) is 0 Å². The molecule has 0 bridgehead atoms. The minimum atomic E-state index is -3.74. The van der Waals surface area contributed by atoms with Crippen LogP contribution in [0.15, 0.2) is 11.1 Å². The van der Waals surface area contributed by atoms with Gasteiger partial charge in [-0.25, -0.2) is 13.1 Å². The molecule has 0 aromatic carbocycles. The van der Waals surface area contributed by atoms with Crippen molar-refractivity contribution in [1.29, 1.82) is 0 Å². The van der Waals surface area contributed by atoms with Gasteiger partial charge in [-0.3, -0.25) is 9.48 Å². The molecule has 8 nitrogen and oxygen atoms in total. The molecule has 1 amide bonds. The number of carbonyl (C=O) groups is 1. The number of carbonyl (C=O) groups excluding carboxylic acids is 1. The van der Waals surface area contributed by atoms with Crippen molar-refractivity contribution >= 4 is 21.7 Å². The molecule has 0 spiro atoms. The molecule has 0 atom stereocenters. The average Bonchev–Trinajstić information content (AvgIpc) is 2.66. The van der Waals surface area contributed by atoms with Crippen LogP contribution in [-0.2, 0) is 21.9 Å². The summed E-state index contributed by atoms with van der Waals surface area (Å²) in [5, 5.41) is 6.47. The number of hydrogen-bond donors (Lipinski definition) is 3. The first-order valence-corrected chi connectivity index (χ1v) is 7.76. The lowest BCUT2D eigenvalue weighted by molar-refractivity contribution is -0.121. The van der Waals surface area contributed by atoms with E-state index in [4.69, 9.17) is 5.73 Å². The molecule has 0 unspecified atom stereocenters. The van der Waals surface area contributed by atoms with E-state index in [9.17, 15) is 13.2 Å². The Morgan fingerprint density at radius 3 is 2.65 bits per heavy atom. The summed E-state index contributed by atoms with van der Waals surface area (Å²) in [6, 6.07) is 0. The van der Waals surface area contributed by atoms with Crippen LogP contribution >= 0.6 is 0 Å². The van der Waals surface area contributed by atoms with Crippen molar-refractivity contribution in [3.05, 3.63) is 6.20 Å². The normalized spacial score (nSPS) is 11.8. The Kier molecular flexibility index (Phi) is 5.52. The molecular formula is C11H21N5O3S. The Bertz CT molecular complexity index is 565. The number of sulfonamides is 1. The van der Waals surface area contributed by atoms with Crippen molar-refractivity contribution in [3.63, 3.8) is 0 Å². The van der Waals surface area contributed by atoms with Crippen LogP contribution in [0.3, 0.4) is 0 Å². The largest absolute Gasteiger partial charge is 0.381 e. The molecule has 0 saturated heterocycles. The summed E-state index contributed by atoms with van der Waals surface area (Å²) in [5.74, 6) is 0.0932. The zero-order chi connectivity index (χ0) is 15.3. The zero-order valence-electron chi connectivity index (χ0n) is 11.9. The van der Waals surface area contributed by atoms with Crippen molar-refractivity contribution in [2.75, 3.05) is 18.8 Å². The molecule has 20 heavy (non-hydrogen) atoms. The molecule has 0 saturated carbocycles. The minimum Gasteiger partial charge on any atom is -0.381 e. The van der Waals surface area contributed by atoms with Gasteiger partial charge in [0.2, 0.25) is 15.9 Å². The van der Waals surface area contributed by atoms with Crippen LogP contribution in [0.5, 0.6) is 0 Å². The van der Waals surface area contributed by atoms with Gasteiger partial charge in [0.25, 0.3) is 0 Å². The fourth-order valence-electron chi connectivity index (χ4n) is 1.47. The van der Waals surface area contributed by atoms with Crippen LogP contribution in [0.2, 0.25) is 0 Å². The van der Waals surface area contributed by atoms with Crippen molar-refractivity contribution in [2.24, 2.45) is 13.0 Å². The van der Waals surface area contributed by atoms with Crippen molar-refractivity contribution in [1.82, 2.24) is 19.8 Å². The number of aryl methyl sites for hydroxylation is 1. The molecule has 1 heterocycles. The third kappa shape index (κ3) is 4.82. The molecule has 0 aliphatic heterocycles. The molecule has 0 fully saturated rings. The summed E-state index contributed by atoms with van der Waals surface area (Å²) in [6.45, 7) is 4.55. The molecule has 114 valence electrons. The molecule has 0 aliphatic carbocycles. The van der Waals surface area contributed by atoms with Gasteiger partial charge in [0.15, 0.2) is 5.82 Å². The summed E-state index contributed by atoms with van der Waals surface area (Å²) < 4.78 is 27.5. The van der Waals surface area contributed by atoms with Gasteiger partial charge in [0.05, 0.1) is 0 Å². The van der Waals surface area contributed by atoms with Gasteiger partial charge in [-0.15, -0.1) is 0 Å². The average molecular weight is 303 g/mol. The first kappa shape index (κ1) is 16.4. The van der Waals surface area contributed by atoms with E-state index < -0.39 is 10.0 Å². The highest BCUT2D eigenvalue weighted by molar-refractivity contribution is 7.89. The Balaban J connectivity index is 2.49. The number of hydrogen-bond acceptors (Lipinski definition) is 5. The first-order valence-electron chi connectivity index (χ1n) is 6.28. The first-order chi connectivity index (χ1) is 9.22. The number of nitrogens with two attached hydrogens (primary N) is 1. The Hall–Kier alpha value is -1.61. The third-order valence-corrected chi connectivity index (χ3v) is 3.94. The summed E-state index contributed by atoms with van der Waals surface area (Å²) in [7, 11) is -2.16. The van der Waals surface area contributed by atoms with Crippen molar-refractivity contribution < 1.29 is 13.2 Å². The van der Waals surface area contributed by atoms with Gasteiger partial charge in [-0.05, 0) is 5.92 Å². The summed E-state index contributed by atoms with van der Waals surface area (Å²) in [4.78, 5) is 11.4. The number of nitrogen functional groups attached to an aromatic ring is 1. The van der Waals surface area contributed by atoms with E-state index in [1.165, 1.54) is 10.9 Å². The predicted octanol–water partition coefficient (Wildman–Crippen LogP) is -0.557. The number of nitrogens with one attached hydrogen (secondary N) is 2. The van der Waals surface area contributed by atoms with E-state index in [0.29, 0.717) is 12.5 Å². The van der Waals surface area contributed by atoms with E-state index >= 15 is 0 Å². The van der Waals surface area contributed by atoms with E-state index in [1.54, 1.807) is 7.05 Å². The maximum atomic E-state index is 11.9. The van der Waals surface area contributed by atoms with Gasteiger partial charge in [-0.1, -0.05) is 13.8 Å². The van der Waals surface area contributed by atoms with E-state index in [2.05, 4.69) is 15.1 Å². The Morgan fingerprint density at radius 2 is 2.15 bits per heavy atom. The highest BCUT2D eigenvalue weighted by atomic mass is 32.2. The molecule has 0 aliphatic rings. The molecule has 1 aromatic rings. The third-order valence-electron chi connectivity index (χ3n) is 2.46. The number of aromatic nitrogens is 2. The van der Waals surface area contributed by atoms with Crippen molar-refractivity contribution in [2.45, 2.75) is 25.2 Å². The van der Waals surface area contributed by atoms with Gasteiger partial charge in [0.1, 0.15) is 4.90 Å². The standard InChI is InChI=1S/C11H21N5O3S/c1-8(2)6-13-10(17)4-5-14-20(18,19)9-7-16(3)15-11(9)12/h7-8,14H,4-6H2,1-3H3,(H2,12,15)(H,13,17). The fourth-order valence-corrected chi connectivity index (χ4v) is 2.61. The summed E-state index contributed by atoms with van der Waals surface area (Å²) in [6.07, 6.45) is 1.39. The van der Waals surface area contributed by atoms with Crippen LogP contribution in [-0.4, -0.2) is 37.2 Å². The number of rotatable bonds is 7. The molecule has 9 heteroatoms. The van der Waals surface area contributed by atoms with Gasteiger partial charge >= 0.3 is 0 Å². The second kappa shape index (κ2) is 6.71. The van der Waals surface area contributed by atoms with E-state index in [-0.39, 0.29) is 29.6 Å². The maximum Gasteiger partial charge on any atom is 0.245 e. The lowest BCUT2D eigenvalue weighted by Crippen LogP contribution is -2.32. The number of nitrogens with zero attached hydrogens (tertiary/aromatic N) is 2. The van der Waals surface area contributed by atoms with Crippen LogP contribution in [0.1, 0.15) is 20.3 Å². The second-order valence-corrected chi connectivity index (χ2v) is 6.63. The quantitative estimate of drug-likeness (QED) is 0.624. The lowest BCUT2D eigenvalue weighted by Gasteiger charge is -2.08. The van der Waals surface area contributed by atoms with Crippen LogP contribution in [0, 0.1) is 5.92 Å². The minimum absolute atomic E-state index is 0.0145. The molecule has 0 radical (unpaired) electrons. The highest BCUT2D eigenvalue weighted by Gasteiger charge is 2.20. The maximum absolute atomic E-state index is 11.9. The summed E-state index contributed by atoms with van der Waals surface area (Å²) in [5.41, 5.74) is 5.51. The van der Waals surface area contributed by atoms with Gasteiger partial charge in [0, 0.05) is 32.8 Å². The molecule has 1 aromatic heterocycles. The summed E-state index contributed by atoms with van der Waals surface area (Å²) >= 11 is 0. The zero-order valence-corrected chi connectivity index (χ0v) is 12.7. The molecule has 1 rings (SSSR count). The molecule has 4 N–H and O–H groups in total. The number of amides is 1. The van der Waals surface area contributed by atoms with Gasteiger partial charge in [-0.2, -0.15) is 5.10 Å². The second-order valence-electron chi connectivity index (χ2n) is 4.90. The Morgan fingerprint density at radius 1 is 1.50 bits per heavy atom. The van der Waals surface area contributed by atoms with Crippen LogP contribution < -0.4 is 15.8 Å². The van der Waals surface area contributed by atoms with E-state index in [1.807, 2.05) is 13.8 Å². The Labute approximate surface area is 118 Å². The smallest absolute Gasteiger partial charge is 0.245 e.